The van der Waals surface area contributed by atoms with Crippen LogP contribution in [0.1, 0.15) is 6.92 Å². The van der Waals surface area contributed by atoms with Gasteiger partial charge in [0.2, 0.25) is 6.20 Å². The molecule has 0 radical (unpaired) electrons. The van der Waals surface area contributed by atoms with Crippen molar-refractivity contribution in [3.8, 4) is 5.75 Å². The third-order valence-electron chi connectivity index (χ3n) is 1.02. The molecule has 1 heterocycles. The summed E-state index contributed by atoms with van der Waals surface area (Å²) >= 11 is 0. The Morgan fingerprint density at radius 2 is 2.45 bits per heavy atom. The fourth-order valence-electron chi connectivity index (χ4n) is 0.669. The Balaban J connectivity index is 2.79. The van der Waals surface area contributed by atoms with Crippen molar-refractivity contribution in [2.24, 2.45) is 0 Å². The van der Waals surface area contributed by atoms with Crippen molar-refractivity contribution >= 4 is 5.97 Å². The van der Waals surface area contributed by atoms with E-state index in [1.165, 1.54) is 19.3 Å². The average molecular weight is 154 g/mol. The molecule has 0 aliphatic rings. The molecule has 0 fully saturated rings. The second kappa shape index (κ2) is 3.01. The molecular weight excluding hydrogens is 146 g/mol. The van der Waals surface area contributed by atoms with Crippen molar-refractivity contribution in [2.45, 2.75) is 6.92 Å². The van der Waals surface area contributed by atoms with Crippen molar-refractivity contribution in [3.05, 3.63) is 24.5 Å². The van der Waals surface area contributed by atoms with Gasteiger partial charge in [0.1, 0.15) is 0 Å². The summed E-state index contributed by atoms with van der Waals surface area (Å²) in [7, 11) is 0. The van der Waals surface area contributed by atoms with Crippen LogP contribution in [0.25, 0.3) is 0 Å². The first-order valence-electron chi connectivity index (χ1n) is 3.07. The Bertz CT molecular complexity index is 272. The lowest BCUT2D eigenvalue weighted by Crippen LogP contribution is -2.28. The highest BCUT2D eigenvalue weighted by molar-refractivity contribution is 5.68. The van der Waals surface area contributed by atoms with E-state index < -0.39 is 5.97 Å². The molecule has 0 aromatic carbocycles. The molecule has 4 heteroatoms. The maximum Gasteiger partial charge on any atom is 0.308 e. The highest BCUT2D eigenvalue weighted by Crippen LogP contribution is 2.04. The Morgan fingerprint density at radius 3 is 3.00 bits per heavy atom. The summed E-state index contributed by atoms with van der Waals surface area (Å²) < 4.78 is 5.49. The van der Waals surface area contributed by atoms with Crippen LogP contribution in [0.5, 0.6) is 5.75 Å². The number of aromatic nitrogens is 1. The molecule has 0 bridgehead atoms. The first-order valence-corrected chi connectivity index (χ1v) is 3.07. The van der Waals surface area contributed by atoms with Crippen LogP contribution >= 0.6 is 0 Å². The van der Waals surface area contributed by atoms with E-state index in [-0.39, 0.29) is 0 Å². The van der Waals surface area contributed by atoms with Crippen LogP contribution in [-0.2, 0) is 4.79 Å². The number of nitrogens with zero attached hydrogens (tertiary/aromatic N) is 1. The van der Waals surface area contributed by atoms with E-state index in [4.69, 9.17) is 5.21 Å². The van der Waals surface area contributed by atoms with Crippen LogP contribution in [-0.4, -0.2) is 11.2 Å². The number of esters is 1. The monoisotopic (exact) mass is 154 g/mol. The van der Waals surface area contributed by atoms with E-state index in [0.717, 1.165) is 4.73 Å². The predicted molar refractivity (Wildman–Crippen MR) is 35.1 cm³/mol. The Kier molecular flexibility index (Phi) is 2.06. The van der Waals surface area contributed by atoms with Gasteiger partial charge in [0.25, 0.3) is 6.20 Å². The van der Waals surface area contributed by atoms with Gasteiger partial charge in [-0.1, -0.05) is 0 Å². The summed E-state index contributed by atoms with van der Waals surface area (Å²) in [6.07, 6.45) is 2.72. The van der Waals surface area contributed by atoms with Crippen LogP contribution in [0.2, 0.25) is 0 Å². The molecule has 0 aliphatic heterocycles. The van der Waals surface area contributed by atoms with E-state index in [2.05, 4.69) is 4.74 Å². The molecule has 0 amide bonds. The molecular formula is C7H8NO3+. The lowest BCUT2D eigenvalue weighted by Gasteiger charge is -1.95. The number of hydrogen-bond donors (Lipinski definition) is 1. The molecule has 0 saturated carbocycles. The molecule has 1 N–H and O–H groups in total. The van der Waals surface area contributed by atoms with Crippen LogP contribution < -0.4 is 9.47 Å². The first kappa shape index (κ1) is 7.53. The summed E-state index contributed by atoms with van der Waals surface area (Å²) in [4.78, 5) is 10.4. The number of pyridine rings is 1. The van der Waals surface area contributed by atoms with Crippen molar-refractivity contribution in [1.29, 1.82) is 0 Å². The quantitative estimate of drug-likeness (QED) is 0.355. The van der Waals surface area contributed by atoms with Gasteiger partial charge in [0, 0.05) is 17.7 Å². The number of carbonyl (C=O) groups is 1. The van der Waals surface area contributed by atoms with Crippen LogP contribution in [0, 0.1) is 0 Å². The summed E-state index contributed by atoms with van der Waals surface area (Å²) in [5.74, 6) is -0.0845. The van der Waals surface area contributed by atoms with Gasteiger partial charge >= 0.3 is 5.97 Å². The number of carbonyl (C=O) groups excluding carboxylic acids is 1. The Hall–Kier alpha value is -1.58. The summed E-state index contributed by atoms with van der Waals surface area (Å²) in [5.41, 5.74) is 0. The number of hydrogen-bond acceptors (Lipinski definition) is 3. The minimum absolute atomic E-state index is 0.322. The SMILES string of the molecule is CC(=O)Oc1ccc[n+](O)c1. The fraction of sp³-hybridized carbons (Fsp3) is 0.143. The Morgan fingerprint density at radius 1 is 1.73 bits per heavy atom. The molecule has 1 aromatic heterocycles. The first-order chi connectivity index (χ1) is 5.18. The molecule has 1 rings (SSSR count). The van der Waals surface area contributed by atoms with Gasteiger partial charge < -0.3 is 4.74 Å². The molecule has 0 aliphatic carbocycles. The van der Waals surface area contributed by atoms with E-state index in [1.54, 1.807) is 12.1 Å². The molecule has 11 heavy (non-hydrogen) atoms. The zero-order valence-corrected chi connectivity index (χ0v) is 6.02. The van der Waals surface area contributed by atoms with E-state index in [9.17, 15) is 4.79 Å². The molecule has 0 atom stereocenters. The third kappa shape index (κ3) is 2.25. The summed E-state index contributed by atoms with van der Waals surface area (Å²) in [6, 6.07) is 3.15. The topological polar surface area (TPSA) is 50.4 Å². The minimum atomic E-state index is -0.406. The zero-order chi connectivity index (χ0) is 8.27. The highest BCUT2D eigenvalue weighted by atomic mass is 16.5. The summed E-state index contributed by atoms with van der Waals surface area (Å²) in [5, 5.41) is 8.85. The average Bonchev–Trinajstić information content (AvgIpc) is 1.85. The highest BCUT2D eigenvalue weighted by Gasteiger charge is 2.02. The van der Waals surface area contributed by atoms with Crippen LogP contribution in [0.3, 0.4) is 0 Å². The van der Waals surface area contributed by atoms with Crippen molar-refractivity contribution in [2.75, 3.05) is 0 Å². The second-order valence-corrected chi connectivity index (χ2v) is 2.01. The predicted octanol–water partition coefficient (Wildman–Crippen LogP) is 0.137. The van der Waals surface area contributed by atoms with Crippen LogP contribution in [0.4, 0.5) is 0 Å². The maximum absolute atomic E-state index is 10.4. The largest absolute Gasteiger partial charge is 0.420 e. The van der Waals surface area contributed by atoms with E-state index in [1.807, 2.05) is 0 Å². The summed E-state index contributed by atoms with van der Waals surface area (Å²) in [6.45, 7) is 1.30. The van der Waals surface area contributed by atoms with Gasteiger partial charge in [0.05, 0.1) is 0 Å². The van der Waals surface area contributed by atoms with Crippen LogP contribution in [0.15, 0.2) is 24.5 Å². The van der Waals surface area contributed by atoms with E-state index >= 15 is 0 Å². The molecule has 58 valence electrons. The van der Waals surface area contributed by atoms with Gasteiger partial charge in [-0.15, -0.1) is 0 Å². The number of rotatable bonds is 1. The van der Waals surface area contributed by atoms with Crippen molar-refractivity contribution < 1.29 is 19.5 Å². The van der Waals surface area contributed by atoms with Gasteiger partial charge in [-0.3, -0.25) is 10.0 Å². The molecule has 0 unspecified atom stereocenters. The Labute approximate surface area is 63.6 Å². The fourth-order valence-corrected chi connectivity index (χ4v) is 0.669. The van der Waals surface area contributed by atoms with Gasteiger partial charge in [-0.25, -0.2) is 0 Å². The van der Waals surface area contributed by atoms with E-state index in [0.29, 0.717) is 5.75 Å². The molecule has 0 spiro atoms. The third-order valence-corrected chi connectivity index (χ3v) is 1.02. The number of ether oxygens (including phenoxy) is 1. The van der Waals surface area contributed by atoms with Crippen molar-refractivity contribution in [1.82, 2.24) is 0 Å². The lowest BCUT2D eigenvalue weighted by atomic mass is 10.5. The molecule has 1 aromatic rings. The minimum Gasteiger partial charge on any atom is -0.420 e. The smallest absolute Gasteiger partial charge is 0.308 e. The maximum atomic E-state index is 10.4. The normalized spacial score (nSPS) is 9.18. The molecule has 0 saturated heterocycles. The van der Waals surface area contributed by atoms with Crippen molar-refractivity contribution in [3.63, 3.8) is 0 Å². The van der Waals surface area contributed by atoms with Gasteiger partial charge in [-0.05, 0) is 6.07 Å². The second-order valence-electron chi connectivity index (χ2n) is 2.01. The van der Waals surface area contributed by atoms with Gasteiger partial charge in [0.15, 0.2) is 5.75 Å². The van der Waals surface area contributed by atoms with Gasteiger partial charge in [-0.2, -0.15) is 0 Å². The lowest BCUT2D eigenvalue weighted by molar-refractivity contribution is -0.904. The zero-order valence-electron chi connectivity index (χ0n) is 6.02. The molecule has 4 nitrogen and oxygen atoms in total. The standard InChI is InChI=1S/C7H8NO3/c1-6(9)11-7-3-2-4-8(10)5-7/h2-5,10H,1H3/q+1.